The first-order valence-corrected chi connectivity index (χ1v) is 14.0. The number of carbonyl (C=O) groups is 4. The third-order valence-corrected chi connectivity index (χ3v) is 6.17. The van der Waals surface area contributed by atoms with Crippen molar-refractivity contribution in [2.75, 3.05) is 33.2 Å². The zero-order chi connectivity index (χ0) is 31.7. The molecule has 1 heterocycles. The van der Waals surface area contributed by atoms with Crippen molar-refractivity contribution in [2.24, 2.45) is 11.1 Å². The van der Waals surface area contributed by atoms with Gasteiger partial charge in [-0.2, -0.15) is 0 Å². The molecule has 1 aliphatic rings. The first-order valence-electron chi connectivity index (χ1n) is 14.0. The standard InChI is InChI=1S/C21H24N2O5.C6H13NO.C5H10O/c1-23-12-15-10-18(28-13-20(24)27-3)7-4-14(15)11-19(23)21(25)22-16-5-8-17(26-2)9-6-16;1-6(2,3)4-5(7)8;1-2-3-4-5-6/h4-10,19H,11-13H2,1-3H3,(H,22,25);4H2,1-3H3,(H2,7,8);5H,2-4H2,1H3. The van der Waals surface area contributed by atoms with E-state index in [9.17, 15) is 19.2 Å². The third kappa shape index (κ3) is 14.1. The Kier molecular flexibility index (Phi) is 15.9. The van der Waals surface area contributed by atoms with Crippen LogP contribution in [0.15, 0.2) is 42.5 Å². The quantitative estimate of drug-likeness (QED) is 0.236. The molecule has 10 nitrogen and oxygen atoms in total. The van der Waals surface area contributed by atoms with E-state index in [0.29, 0.717) is 25.1 Å². The van der Waals surface area contributed by atoms with Crippen molar-refractivity contribution in [1.82, 2.24) is 4.90 Å². The molecular weight excluding hydrogens is 538 g/mol. The van der Waals surface area contributed by atoms with E-state index in [4.69, 9.17) is 15.2 Å². The van der Waals surface area contributed by atoms with Crippen molar-refractivity contribution in [3.8, 4) is 11.5 Å². The highest BCUT2D eigenvalue weighted by Crippen LogP contribution is 2.27. The second kappa shape index (κ2) is 18.5. The minimum absolute atomic E-state index is 0.0475. The number of fused-ring (bicyclic) bond motifs is 1. The van der Waals surface area contributed by atoms with Gasteiger partial charge in [0.2, 0.25) is 11.8 Å². The van der Waals surface area contributed by atoms with E-state index in [2.05, 4.69) is 17.0 Å². The van der Waals surface area contributed by atoms with Gasteiger partial charge in [-0.3, -0.25) is 14.5 Å². The Balaban J connectivity index is 0.000000522. The second-order valence-corrected chi connectivity index (χ2v) is 11.2. The summed E-state index contributed by atoms with van der Waals surface area (Å²) in [5.41, 5.74) is 7.90. The fourth-order valence-corrected chi connectivity index (χ4v) is 3.99. The Morgan fingerprint density at radius 3 is 2.17 bits per heavy atom. The fourth-order valence-electron chi connectivity index (χ4n) is 3.99. The lowest BCUT2D eigenvalue weighted by atomic mass is 9.92. The van der Waals surface area contributed by atoms with Crippen molar-refractivity contribution in [3.05, 3.63) is 53.6 Å². The first kappa shape index (κ1) is 36.1. The summed E-state index contributed by atoms with van der Waals surface area (Å²) in [5, 5.41) is 2.96. The van der Waals surface area contributed by atoms with Crippen LogP contribution in [-0.4, -0.2) is 62.9 Å². The molecular formula is C32H47N3O7. The molecule has 1 unspecified atom stereocenters. The number of hydrogen-bond donors (Lipinski definition) is 2. The lowest BCUT2D eigenvalue weighted by Gasteiger charge is -2.33. The average molecular weight is 586 g/mol. The van der Waals surface area contributed by atoms with Crippen LogP contribution in [0.1, 0.15) is 64.5 Å². The largest absolute Gasteiger partial charge is 0.497 e. The molecule has 42 heavy (non-hydrogen) atoms. The maximum atomic E-state index is 12.8. The summed E-state index contributed by atoms with van der Waals surface area (Å²) < 4.78 is 15.2. The van der Waals surface area contributed by atoms with E-state index in [1.54, 1.807) is 7.11 Å². The van der Waals surface area contributed by atoms with Gasteiger partial charge in [0, 0.05) is 25.1 Å². The number of rotatable bonds is 10. The number of amides is 2. The molecule has 3 rings (SSSR count). The number of primary amides is 1. The second-order valence-electron chi connectivity index (χ2n) is 11.2. The highest BCUT2D eigenvalue weighted by molar-refractivity contribution is 5.95. The lowest BCUT2D eigenvalue weighted by Crippen LogP contribution is -2.45. The fraction of sp³-hybridized carbons (Fsp3) is 0.500. The number of benzene rings is 2. The molecule has 10 heteroatoms. The Hall–Kier alpha value is -3.92. The van der Waals surface area contributed by atoms with Gasteiger partial charge >= 0.3 is 5.97 Å². The maximum absolute atomic E-state index is 12.8. The predicted molar refractivity (Wildman–Crippen MR) is 163 cm³/mol. The lowest BCUT2D eigenvalue weighted by molar-refractivity contribution is -0.143. The van der Waals surface area contributed by atoms with Crippen LogP contribution >= 0.6 is 0 Å². The molecule has 1 atom stereocenters. The summed E-state index contributed by atoms with van der Waals surface area (Å²) in [5.74, 6) is 0.651. The Labute approximate surface area is 249 Å². The topological polar surface area (TPSA) is 137 Å². The summed E-state index contributed by atoms with van der Waals surface area (Å²) in [6, 6.07) is 12.7. The summed E-state index contributed by atoms with van der Waals surface area (Å²) >= 11 is 0. The molecule has 2 amide bonds. The number of nitrogens with two attached hydrogens (primary N) is 1. The smallest absolute Gasteiger partial charge is 0.343 e. The molecule has 0 bridgehead atoms. The number of hydrogen-bond acceptors (Lipinski definition) is 8. The minimum atomic E-state index is -0.426. The molecule has 0 fully saturated rings. The number of ether oxygens (including phenoxy) is 3. The number of anilines is 1. The van der Waals surface area contributed by atoms with Crippen LogP contribution < -0.4 is 20.5 Å². The van der Waals surface area contributed by atoms with Crippen LogP contribution in [0.5, 0.6) is 11.5 Å². The number of likely N-dealkylation sites (N-methyl/N-ethyl adjacent to an activating group) is 1. The van der Waals surface area contributed by atoms with E-state index in [1.807, 2.05) is 75.2 Å². The molecule has 1 aliphatic heterocycles. The van der Waals surface area contributed by atoms with Crippen molar-refractivity contribution < 1.29 is 33.4 Å². The number of methoxy groups -OCH3 is 2. The van der Waals surface area contributed by atoms with E-state index in [1.165, 1.54) is 7.11 Å². The van der Waals surface area contributed by atoms with Crippen molar-refractivity contribution in [3.63, 3.8) is 0 Å². The molecule has 0 aromatic heterocycles. The molecule has 0 aliphatic carbocycles. The summed E-state index contributed by atoms with van der Waals surface area (Å²) in [6.45, 7) is 8.51. The molecule has 0 spiro atoms. The van der Waals surface area contributed by atoms with Crippen LogP contribution in [0.2, 0.25) is 0 Å². The van der Waals surface area contributed by atoms with E-state index < -0.39 is 5.97 Å². The van der Waals surface area contributed by atoms with E-state index >= 15 is 0 Å². The van der Waals surface area contributed by atoms with Crippen molar-refractivity contribution >= 4 is 29.8 Å². The minimum Gasteiger partial charge on any atom is -0.497 e. The molecule has 0 radical (unpaired) electrons. The third-order valence-electron chi connectivity index (χ3n) is 6.17. The monoisotopic (exact) mass is 585 g/mol. The van der Waals surface area contributed by atoms with Crippen molar-refractivity contribution in [1.29, 1.82) is 0 Å². The van der Waals surface area contributed by atoms with Gasteiger partial charge < -0.3 is 30.1 Å². The van der Waals surface area contributed by atoms with Gasteiger partial charge in [-0.15, -0.1) is 0 Å². The van der Waals surface area contributed by atoms with E-state index in [0.717, 1.165) is 48.1 Å². The zero-order valence-corrected chi connectivity index (χ0v) is 26.0. The van der Waals surface area contributed by atoms with Crippen LogP contribution in [0.25, 0.3) is 0 Å². The maximum Gasteiger partial charge on any atom is 0.343 e. The number of unbranched alkanes of at least 4 members (excludes halogenated alkanes) is 2. The number of esters is 1. The molecule has 0 saturated carbocycles. The molecule has 2 aromatic rings. The van der Waals surface area contributed by atoms with Gasteiger partial charge in [0.25, 0.3) is 0 Å². The number of nitrogens with one attached hydrogen (secondary N) is 1. The summed E-state index contributed by atoms with van der Waals surface area (Å²) in [6.07, 6.45) is 4.93. The average Bonchev–Trinajstić information content (AvgIpc) is 2.94. The van der Waals surface area contributed by atoms with E-state index in [-0.39, 0.29) is 29.9 Å². The number of carbonyl (C=O) groups excluding carboxylic acids is 4. The summed E-state index contributed by atoms with van der Waals surface area (Å²) in [4.78, 5) is 45.8. The first-order chi connectivity index (χ1) is 19.8. The highest BCUT2D eigenvalue weighted by atomic mass is 16.6. The van der Waals surface area contributed by atoms with Gasteiger partial charge in [-0.25, -0.2) is 4.79 Å². The Morgan fingerprint density at radius 2 is 1.69 bits per heavy atom. The number of aldehydes is 1. The highest BCUT2D eigenvalue weighted by Gasteiger charge is 2.29. The Morgan fingerprint density at radius 1 is 1.05 bits per heavy atom. The summed E-state index contributed by atoms with van der Waals surface area (Å²) in [7, 11) is 4.85. The predicted octanol–water partition coefficient (Wildman–Crippen LogP) is 4.53. The molecule has 3 N–H and O–H groups in total. The Bertz CT molecular complexity index is 1140. The molecule has 2 aromatic carbocycles. The van der Waals surface area contributed by atoms with Gasteiger partial charge in [-0.1, -0.05) is 40.2 Å². The normalized spacial score (nSPS) is 14.0. The van der Waals surface area contributed by atoms with Gasteiger partial charge in [0.05, 0.1) is 20.3 Å². The van der Waals surface area contributed by atoms with Gasteiger partial charge in [0.1, 0.15) is 17.8 Å². The van der Waals surface area contributed by atoms with Crippen LogP contribution in [-0.2, 0) is 36.9 Å². The van der Waals surface area contributed by atoms with Crippen LogP contribution in [0, 0.1) is 5.41 Å². The van der Waals surface area contributed by atoms with Crippen LogP contribution in [0.4, 0.5) is 5.69 Å². The SMILES string of the molecule is CC(C)(C)CC(N)=O.CCCCC=O.COC(=O)COc1ccc2c(c1)CN(C)C(C(=O)Nc1ccc(OC)cc1)C2. The van der Waals surface area contributed by atoms with Gasteiger partial charge in [0.15, 0.2) is 6.61 Å². The molecule has 0 saturated heterocycles. The number of nitrogens with zero attached hydrogens (tertiary/aromatic N) is 1. The van der Waals surface area contributed by atoms with Crippen LogP contribution in [0.3, 0.4) is 0 Å². The molecule has 232 valence electrons. The van der Waals surface area contributed by atoms with Crippen molar-refractivity contribution in [2.45, 2.75) is 72.4 Å². The van der Waals surface area contributed by atoms with Gasteiger partial charge in [-0.05, 0) is 72.8 Å². The zero-order valence-electron chi connectivity index (χ0n) is 26.0.